The summed E-state index contributed by atoms with van der Waals surface area (Å²) in [5.41, 5.74) is 2.32. The Balaban J connectivity index is 0. The smallest absolute Gasteiger partial charge is 0.0954 e. The van der Waals surface area contributed by atoms with E-state index in [2.05, 4.69) is 13.5 Å². The molecule has 0 heterocycles. The van der Waals surface area contributed by atoms with E-state index in [1.54, 1.807) is 19.9 Å². The second kappa shape index (κ2) is 13.4. The fraction of sp³-hybridized carbons (Fsp3) is 0.294. The minimum absolute atomic E-state index is 0.493. The van der Waals surface area contributed by atoms with E-state index >= 15 is 0 Å². The summed E-state index contributed by atoms with van der Waals surface area (Å²) in [7, 11) is 0. The summed E-state index contributed by atoms with van der Waals surface area (Å²) in [6.07, 6.45) is 2.83. The summed E-state index contributed by atoms with van der Waals surface area (Å²) in [4.78, 5) is 0. The molecule has 0 atom stereocenters. The van der Waals surface area contributed by atoms with E-state index in [0.717, 1.165) is 11.4 Å². The molecule has 0 fully saturated rings. The number of rotatable bonds is 1. The van der Waals surface area contributed by atoms with Crippen LogP contribution in [-0.2, 0) is 6.42 Å². The molecule has 1 aromatic rings. The minimum Gasteiger partial charge on any atom is -0.193 e. The van der Waals surface area contributed by atoms with Gasteiger partial charge in [-0.2, -0.15) is 10.5 Å². The van der Waals surface area contributed by atoms with Crippen LogP contribution in [0.5, 0.6) is 0 Å². The average Bonchev–Trinajstić information content (AvgIpc) is 2.48. The Morgan fingerprint density at radius 3 is 1.75 bits per heavy atom. The summed E-state index contributed by atoms with van der Waals surface area (Å²) in [6, 6.07) is 11.7. The molecule has 0 radical (unpaired) electrons. The van der Waals surface area contributed by atoms with Crippen molar-refractivity contribution in [3.8, 4) is 12.1 Å². The zero-order chi connectivity index (χ0) is 16.0. The second-order valence-corrected chi connectivity index (χ2v) is 4.30. The number of nitrogens with zero attached hydrogens (tertiary/aromatic N) is 2. The molecule has 0 aliphatic rings. The predicted octanol–water partition coefficient (Wildman–Crippen LogP) is 5.46. The van der Waals surface area contributed by atoms with Gasteiger partial charge in [-0.05, 0) is 44.9 Å². The van der Waals surface area contributed by atoms with Gasteiger partial charge in [0.1, 0.15) is 0 Å². The Labute approximate surface area is 127 Å². The molecule has 0 spiro atoms. The van der Waals surface area contributed by atoms with Crippen LogP contribution in [0.15, 0.2) is 48.1 Å². The van der Waals surface area contributed by atoms with E-state index in [-0.39, 0.29) is 0 Å². The predicted molar refractivity (Wildman–Crippen MR) is 86.3 cm³/mol. The van der Waals surface area contributed by atoms with Crippen molar-refractivity contribution in [3.63, 3.8) is 0 Å². The molecular weight excluding hydrogens is 268 g/mol. The molecule has 20 heavy (non-hydrogen) atoms. The first-order valence-corrected chi connectivity index (χ1v) is 6.63. The van der Waals surface area contributed by atoms with Crippen LogP contribution in [0.1, 0.15) is 33.3 Å². The quantitative estimate of drug-likeness (QED) is 0.508. The summed E-state index contributed by atoms with van der Waals surface area (Å²) in [6.45, 7) is 10.6. The summed E-state index contributed by atoms with van der Waals surface area (Å²) in [5.74, 6) is 0. The summed E-state index contributed by atoms with van der Waals surface area (Å²) < 4.78 is 0. The molecule has 0 aliphatic carbocycles. The highest BCUT2D eigenvalue weighted by Crippen LogP contribution is 2.09. The topological polar surface area (TPSA) is 47.6 Å². The highest BCUT2D eigenvalue weighted by molar-refractivity contribution is 6.30. The maximum atomic E-state index is 8.18. The van der Waals surface area contributed by atoms with Gasteiger partial charge in [0.15, 0.2) is 0 Å². The van der Waals surface area contributed by atoms with E-state index in [0.29, 0.717) is 11.1 Å². The highest BCUT2D eigenvalue weighted by atomic mass is 35.5. The third kappa shape index (κ3) is 11.1. The van der Waals surface area contributed by atoms with E-state index in [1.807, 2.05) is 43.3 Å². The largest absolute Gasteiger partial charge is 0.193 e. The molecular formula is C17H21ClN2. The number of halogens is 1. The molecule has 3 heteroatoms. The number of benzene rings is 1. The van der Waals surface area contributed by atoms with E-state index < -0.39 is 0 Å². The second-order valence-electron chi connectivity index (χ2n) is 3.86. The third-order valence-electron chi connectivity index (χ3n) is 2.22. The molecule has 1 aromatic carbocycles. The Hall–Kier alpha value is -2.03. The van der Waals surface area contributed by atoms with Crippen LogP contribution < -0.4 is 0 Å². The third-order valence-corrected chi connectivity index (χ3v) is 2.47. The lowest BCUT2D eigenvalue weighted by atomic mass is 10.2. The van der Waals surface area contributed by atoms with Crippen molar-refractivity contribution in [1.29, 1.82) is 10.5 Å². The fourth-order valence-corrected chi connectivity index (χ4v) is 1.01. The van der Waals surface area contributed by atoms with Gasteiger partial charge in [-0.1, -0.05) is 36.7 Å². The van der Waals surface area contributed by atoms with Gasteiger partial charge in [0, 0.05) is 16.2 Å². The number of hydrogen-bond donors (Lipinski definition) is 0. The van der Waals surface area contributed by atoms with Crippen LogP contribution >= 0.6 is 11.6 Å². The van der Waals surface area contributed by atoms with Crippen molar-refractivity contribution in [3.05, 3.63) is 58.7 Å². The molecule has 0 saturated carbocycles. The van der Waals surface area contributed by atoms with Crippen molar-refractivity contribution in [2.75, 3.05) is 0 Å². The highest BCUT2D eigenvalue weighted by Gasteiger charge is 1.89. The van der Waals surface area contributed by atoms with Gasteiger partial charge in [-0.25, -0.2) is 0 Å². The average molecular weight is 289 g/mol. The maximum Gasteiger partial charge on any atom is 0.0954 e. The van der Waals surface area contributed by atoms with E-state index in [9.17, 15) is 0 Å². The number of nitriles is 2. The molecule has 0 aliphatic heterocycles. The molecule has 0 unspecified atom stereocenters. The standard InChI is InChI=1S/C8H9Cl.C6H6N2.C3H6/c1-2-7-3-5-8(9)6-4-7;1-5(3-7)6(2)4-8;1-3-2/h3-6H,2H2,1H3;1-2H3;3H,1H2,2H3/b;6-5-;. The van der Waals surface area contributed by atoms with Gasteiger partial charge in [-0.15, -0.1) is 6.58 Å². The molecule has 0 amide bonds. The first-order valence-electron chi connectivity index (χ1n) is 6.25. The molecule has 106 valence electrons. The lowest BCUT2D eigenvalue weighted by Crippen LogP contribution is -1.75. The molecule has 2 nitrogen and oxygen atoms in total. The molecule has 0 bridgehead atoms. The van der Waals surface area contributed by atoms with Crippen molar-refractivity contribution in [2.24, 2.45) is 0 Å². The van der Waals surface area contributed by atoms with Crippen LogP contribution in [0.3, 0.4) is 0 Å². The lowest BCUT2D eigenvalue weighted by Gasteiger charge is -1.93. The maximum absolute atomic E-state index is 8.18. The van der Waals surface area contributed by atoms with Gasteiger partial charge >= 0.3 is 0 Å². The normalized spacial score (nSPS) is 9.35. The first-order chi connectivity index (χ1) is 9.46. The molecule has 0 saturated heterocycles. The number of aryl methyl sites for hydroxylation is 1. The van der Waals surface area contributed by atoms with E-state index in [1.165, 1.54) is 5.56 Å². The van der Waals surface area contributed by atoms with Gasteiger partial charge in [-0.3, -0.25) is 0 Å². The van der Waals surface area contributed by atoms with Gasteiger partial charge < -0.3 is 0 Å². The van der Waals surface area contributed by atoms with Crippen LogP contribution in [0.2, 0.25) is 5.02 Å². The van der Waals surface area contributed by atoms with Crippen molar-refractivity contribution in [1.82, 2.24) is 0 Å². The summed E-state index contributed by atoms with van der Waals surface area (Å²) >= 11 is 5.67. The van der Waals surface area contributed by atoms with Crippen LogP contribution in [0.25, 0.3) is 0 Å². The fourth-order valence-electron chi connectivity index (χ4n) is 0.888. The van der Waals surface area contributed by atoms with Gasteiger partial charge in [0.05, 0.1) is 12.1 Å². The zero-order valence-electron chi connectivity index (χ0n) is 12.6. The molecule has 0 N–H and O–H groups in total. The van der Waals surface area contributed by atoms with Gasteiger partial charge in [0.25, 0.3) is 0 Å². The zero-order valence-corrected chi connectivity index (χ0v) is 13.3. The first kappa shape index (κ1) is 20.3. The summed E-state index contributed by atoms with van der Waals surface area (Å²) in [5, 5.41) is 17.2. The van der Waals surface area contributed by atoms with Crippen molar-refractivity contribution < 1.29 is 0 Å². The number of allylic oxidation sites excluding steroid dienone is 3. The van der Waals surface area contributed by atoms with Crippen LogP contribution in [0.4, 0.5) is 0 Å². The number of hydrogen-bond acceptors (Lipinski definition) is 2. The van der Waals surface area contributed by atoms with Crippen molar-refractivity contribution in [2.45, 2.75) is 34.1 Å². The van der Waals surface area contributed by atoms with Crippen LogP contribution in [0, 0.1) is 22.7 Å². The SMILES string of the molecule is C/C(C#N)=C(\C)C#N.C=CC.CCc1ccc(Cl)cc1. The minimum atomic E-state index is 0.493. The van der Waals surface area contributed by atoms with Gasteiger partial charge in [0.2, 0.25) is 0 Å². The van der Waals surface area contributed by atoms with E-state index in [4.69, 9.17) is 22.1 Å². The van der Waals surface area contributed by atoms with Crippen LogP contribution in [-0.4, -0.2) is 0 Å². The Morgan fingerprint density at radius 1 is 1.15 bits per heavy atom. The Morgan fingerprint density at radius 2 is 1.50 bits per heavy atom. The Kier molecular flexibility index (Phi) is 13.6. The lowest BCUT2D eigenvalue weighted by molar-refractivity contribution is 1.14. The monoisotopic (exact) mass is 288 g/mol. The Bertz CT molecular complexity index is 477. The molecule has 0 aromatic heterocycles. The van der Waals surface area contributed by atoms with Crippen molar-refractivity contribution >= 4 is 11.6 Å². The molecule has 1 rings (SSSR count).